The van der Waals surface area contributed by atoms with Crippen LogP contribution in [-0.4, -0.2) is 47.0 Å². The van der Waals surface area contributed by atoms with Gasteiger partial charge in [-0.3, -0.25) is 4.79 Å². The molecule has 2 saturated carbocycles. The molecule has 1 spiro atoms. The van der Waals surface area contributed by atoms with Crippen LogP contribution in [0.5, 0.6) is 0 Å². The lowest BCUT2D eigenvalue weighted by atomic mass is 9.63. The summed E-state index contributed by atoms with van der Waals surface area (Å²) in [7, 11) is 0. The van der Waals surface area contributed by atoms with Crippen LogP contribution < -0.4 is 4.90 Å². The summed E-state index contributed by atoms with van der Waals surface area (Å²) in [4.78, 5) is 27.0. The topological polar surface area (TPSA) is 49.3 Å². The molecule has 1 aromatic heterocycles. The second kappa shape index (κ2) is 9.12. The van der Waals surface area contributed by atoms with Crippen LogP contribution in [0.2, 0.25) is 5.15 Å². The Morgan fingerprint density at radius 2 is 1.66 bits per heavy atom. The molecule has 3 heterocycles. The summed E-state index contributed by atoms with van der Waals surface area (Å²) in [5, 5.41) is 0.565. The quantitative estimate of drug-likeness (QED) is 0.542. The van der Waals surface area contributed by atoms with Crippen LogP contribution in [0.3, 0.4) is 0 Å². The predicted octanol–water partition coefficient (Wildman–Crippen LogP) is 5.56. The monoisotopic (exact) mass is 458 g/mol. The summed E-state index contributed by atoms with van der Waals surface area (Å²) in [6.07, 6.45) is 13.7. The van der Waals surface area contributed by atoms with Gasteiger partial charge in [0.05, 0.1) is 0 Å². The van der Waals surface area contributed by atoms with Crippen molar-refractivity contribution in [2.75, 3.05) is 31.1 Å². The highest BCUT2D eigenvalue weighted by molar-refractivity contribution is 6.30. The molecule has 6 heteroatoms. The SMILES string of the molecule is Cc1nc(Cl)c(C)c(N2CCC3(CCCN(C(=O)CC(C4CCC4)C4CCC4)C3)CC2)n1. The first-order chi connectivity index (χ1) is 15.4. The number of hydrogen-bond donors (Lipinski definition) is 0. The van der Waals surface area contributed by atoms with Gasteiger partial charge in [-0.2, -0.15) is 0 Å². The van der Waals surface area contributed by atoms with Gasteiger partial charge in [-0.05, 0) is 62.7 Å². The molecular weight excluding hydrogens is 420 g/mol. The number of anilines is 1. The number of carbonyl (C=O) groups is 1. The largest absolute Gasteiger partial charge is 0.356 e. The number of carbonyl (C=O) groups excluding carboxylic acids is 1. The summed E-state index contributed by atoms with van der Waals surface area (Å²) in [6.45, 7) is 7.83. The molecule has 176 valence electrons. The Bertz CT molecular complexity index is 828. The molecule has 0 radical (unpaired) electrons. The normalized spacial score (nSPS) is 24.0. The molecule has 5 nitrogen and oxygen atoms in total. The van der Waals surface area contributed by atoms with Gasteiger partial charge in [0, 0.05) is 38.2 Å². The van der Waals surface area contributed by atoms with Crippen molar-refractivity contribution in [2.45, 2.75) is 84.5 Å². The Hall–Kier alpha value is -1.36. The molecule has 0 unspecified atom stereocenters. The lowest BCUT2D eigenvalue weighted by Gasteiger charge is -2.49. The van der Waals surface area contributed by atoms with Gasteiger partial charge < -0.3 is 9.80 Å². The van der Waals surface area contributed by atoms with E-state index in [1.807, 2.05) is 13.8 Å². The number of piperidine rings is 2. The number of aryl methyl sites for hydroxylation is 1. The number of rotatable bonds is 5. The summed E-state index contributed by atoms with van der Waals surface area (Å²) < 4.78 is 0. The first kappa shape index (κ1) is 22.4. The molecule has 0 atom stereocenters. The molecule has 2 aliphatic heterocycles. The first-order valence-corrected chi connectivity index (χ1v) is 13.4. The lowest BCUT2D eigenvalue weighted by molar-refractivity contribution is -0.138. The van der Waals surface area contributed by atoms with Crippen LogP contribution in [0.25, 0.3) is 0 Å². The van der Waals surface area contributed by atoms with Crippen molar-refractivity contribution < 1.29 is 4.79 Å². The molecule has 0 bridgehead atoms. The van der Waals surface area contributed by atoms with Crippen LogP contribution in [0.15, 0.2) is 0 Å². The lowest BCUT2D eigenvalue weighted by Crippen LogP contribution is -2.52. The minimum Gasteiger partial charge on any atom is -0.356 e. The molecule has 0 N–H and O–H groups in total. The maximum atomic E-state index is 13.4. The highest BCUT2D eigenvalue weighted by atomic mass is 35.5. The number of amides is 1. The highest BCUT2D eigenvalue weighted by Crippen LogP contribution is 2.47. The smallest absolute Gasteiger partial charge is 0.222 e. The fraction of sp³-hybridized carbons (Fsp3) is 0.808. The van der Waals surface area contributed by atoms with E-state index in [4.69, 9.17) is 16.6 Å². The van der Waals surface area contributed by atoms with Crippen LogP contribution >= 0.6 is 11.6 Å². The Balaban J connectivity index is 1.21. The van der Waals surface area contributed by atoms with Crippen molar-refractivity contribution in [1.29, 1.82) is 0 Å². The van der Waals surface area contributed by atoms with Gasteiger partial charge in [0.1, 0.15) is 16.8 Å². The van der Waals surface area contributed by atoms with E-state index in [1.165, 1.54) is 44.9 Å². The number of nitrogens with zero attached hydrogens (tertiary/aromatic N) is 4. The van der Waals surface area contributed by atoms with Gasteiger partial charge in [0.25, 0.3) is 0 Å². The molecule has 2 saturated heterocycles. The summed E-state index contributed by atoms with van der Waals surface area (Å²) in [5.74, 6) is 4.50. The third kappa shape index (κ3) is 4.38. The van der Waals surface area contributed by atoms with Crippen LogP contribution in [0.4, 0.5) is 5.82 Å². The summed E-state index contributed by atoms with van der Waals surface area (Å²) in [6, 6.07) is 0. The Labute approximate surface area is 198 Å². The Morgan fingerprint density at radius 3 is 2.25 bits per heavy atom. The van der Waals surface area contributed by atoms with E-state index in [2.05, 4.69) is 14.8 Å². The zero-order valence-electron chi connectivity index (χ0n) is 19.9. The number of aromatic nitrogens is 2. The van der Waals surface area contributed by atoms with E-state index in [-0.39, 0.29) is 5.41 Å². The molecule has 1 amide bonds. The molecular formula is C26H39ClN4O. The van der Waals surface area contributed by atoms with Crippen molar-refractivity contribution in [3.63, 3.8) is 0 Å². The molecule has 5 rings (SSSR count). The molecule has 4 aliphatic rings. The van der Waals surface area contributed by atoms with Gasteiger partial charge >= 0.3 is 0 Å². The molecule has 32 heavy (non-hydrogen) atoms. The summed E-state index contributed by atoms with van der Waals surface area (Å²) >= 11 is 6.33. The van der Waals surface area contributed by atoms with Crippen molar-refractivity contribution in [1.82, 2.24) is 14.9 Å². The minimum absolute atomic E-state index is 0.284. The molecule has 1 aromatic rings. The van der Waals surface area contributed by atoms with Crippen LogP contribution in [-0.2, 0) is 4.79 Å². The summed E-state index contributed by atoms with van der Waals surface area (Å²) in [5.41, 5.74) is 1.26. The third-order valence-electron chi connectivity index (χ3n) is 9.23. The number of halogens is 1. The zero-order chi connectivity index (χ0) is 22.3. The molecule has 4 fully saturated rings. The van der Waals surface area contributed by atoms with Gasteiger partial charge in [0.15, 0.2) is 0 Å². The minimum atomic E-state index is 0.284. The van der Waals surface area contributed by atoms with Crippen molar-refractivity contribution in [2.24, 2.45) is 23.2 Å². The predicted molar refractivity (Wildman–Crippen MR) is 129 cm³/mol. The average molecular weight is 459 g/mol. The maximum Gasteiger partial charge on any atom is 0.222 e. The number of likely N-dealkylation sites (tertiary alicyclic amines) is 1. The third-order valence-corrected chi connectivity index (χ3v) is 9.60. The van der Waals surface area contributed by atoms with Gasteiger partial charge in [0.2, 0.25) is 5.91 Å². The average Bonchev–Trinajstić information content (AvgIpc) is 2.69. The van der Waals surface area contributed by atoms with E-state index in [0.29, 0.717) is 17.0 Å². The van der Waals surface area contributed by atoms with Crippen LogP contribution in [0.1, 0.15) is 82.0 Å². The second-order valence-electron chi connectivity index (χ2n) is 11.2. The van der Waals surface area contributed by atoms with Gasteiger partial charge in [-0.1, -0.05) is 50.1 Å². The standard InChI is InChI=1S/C26H39ClN4O/c1-18-24(27)28-19(2)29-25(18)30-14-11-26(12-15-30)10-5-13-31(17-26)23(32)16-22(20-6-3-7-20)21-8-4-9-21/h20-22H,3-17H2,1-2H3. The van der Waals surface area contributed by atoms with E-state index in [9.17, 15) is 4.79 Å². The van der Waals surface area contributed by atoms with Gasteiger partial charge in [-0.25, -0.2) is 9.97 Å². The van der Waals surface area contributed by atoms with Crippen LogP contribution in [0, 0.1) is 37.0 Å². The Morgan fingerprint density at radius 1 is 1.00 bits per heavy atom. The molecule has 0 aromatic carbocycles. The zero-order valence-corrected chi connectivity index (χ0v) is 20.7. The fourth-order valence-electron chi connectivity index (χ4n) is 6.69. The van der Waals surface area contributed by atoms with E-state index in [1.54, 1.807) is 0 Å². The first-order valence-electron chi connectivity index (χ1n) is 13.0. The fourth-order valence-corrected chi connectivity index (χ4v) is 6.90. The van der Waals surface area contributed by atoms with Crippen molar-refractivity contribution >= 4 is 23.3 Å². The Kier molecular flexibility index (Phi) is 6.39. The highest BCUT2D eigenvalue weighted by Gasteiger charge is 2.42. The van der Waals surface area contributed by atoms with Gasteiger partial charge in [-0.15, -0.1) is 0 Å². The van der Waals surface area contributed by atoms with E-state index >= 15 is 0 Å². The number of hydrogen-bond acceptors (Lipinski definition) is 4. The van der Waals surface area contributed by atoms with Crippen molar-refractivity contribution in [3.8, 4) is 0 Å². The second-order valence-corrected chi connectivity index (χ2v) is 11.5. The van der Waals surface area contributed by atoms with E-state index in [0.717, 1.165) is 80.9 Å². The van der Waals surface area contributed by atoms with E-state index < -0.39 is 0 Å². The maximum absolute atomic E-state index is 13.4. The van der Waals surface area contributed by atoms with Crippen molar-refractivity contribution in [3.05, 3.63) is 16.5 Å². The molecule has 2 aliphatic carbocycles.